The Labute approximate surface area is 85.9 Å². The summed E-state index contributed by atoms with van der Waals surface area (Å²) >= 11 is 0. The Bertz CT molecular complexity index is 210. The quantitative estimate of drug-likeness (QED) is 0.399. The maximum absolute atomic E-state index is 11.5. The van der Waals surface area contributed by atoms with Gasteiger partial charge < -0.3 is 4.90 Å². The first-order valence-electron chi connectivity index (χ1n) is 4.86. The molecule has 0 bridgehead atoms. The first-order chi connectivity index (χ1) is 6.36. The molecular formula is C10H20N2O2. The summed E-state index contributed by atoms with van der Waals surface area (Å²) in [5, 5.41) is 3.64. The highest BCUT2D eigenvalue weighted by Crippen LogP contribution is 2.07. The average Bonchev–Trinajstić information content (AvgIpc) is 1.99. The van der Waals surface area contributed by atoms with Crippen molar-refractivity contribution in [3.8, 4) is 0 Å². The van der Waals surface area contributed by atoms with Crippen molar-refractivity contribution in [3.05, 3.63) is 0 Å². The van der Waals surface area contributed by atoms with Gasteiger partial charge in [0.05, 0.1) is 5.71 Å². The molecule has 0 heterocycles. The molecule has 0 unspecified atom stereocenters. The molecule has 0 saturated heterocycles. The minimum atomic E-state index is -0.392. The van der Waals surface area contributed by atoms with Crippen LogP contribution in [0.4, 0.5) is 4.79 Å². The summed E-state index contributed by atoms with van der Waals surface area (Å²) in [7, 11) is 0. The van der Waals surface area contributed by atoms with Crippen LogP contribution < -0.4 is 0 Å². The summed E-state index contributed by atoms with van der Waals surface area (Å²) in [5.41, 5.74) is 0.728. The van der Waals surface area contributed by atoms with Gasteiger partial charge in [-0.25, -0.2) is 4.79 Å². The zero-order valence-electron chi connectivity index (χ0n) is 9.87. The van der Waals surface area contributed by atoms with Crippen molar-refractivity contribution in [3.63, 3.8) is 0 Å². The van der Waals surface area contributed by atoms with E-state index in [1.807, 2.05) is 27.7 Å². The molecule has 0 rings (SSSR count). The second-order valence-corrected chi connectivity index (χ2v) is 3.99. The van der Waals surface area contributed by atoms with E-state index in [1.165, 1.54) is 0 Å². The molecule has 0 aliphatic carbocycles. The smallest absolute Gasteiger partial charge is 0.301 e. The number of hydrogen-bond acceptors (Lipinski definition) is 3. The summed E-state index contributed by atoms with van der Waals surface area (Å²) in [6.45, 7) is 11.4. The Kier molecular flexibility index (Phi) is 5.20. The van der Waals surface area contributed by atoms with Crippen LogP contribution in [0.3, 0.4) is 0 Å². The van der Waals surface area contributed by atoms with E-state index in [2.05, 4.69) is 5.16 Å². The number of oxime groups is 1. The maximum Gasteiger partial charge on any atom is 0.436 e. The molecule has 4 heteroatoms. The Hall–Kier alpha value is -1.06. The molecule has 0 fully saturated rings. The highest BCUT2D eigenvalue weighted by Gasteiger charge is 2.21. The van der Waals surface area contributed by atoms with Crippen molar-refractivity contribution in [1.29, 1.82) is 0 Å². The number of carbonyl (C=O) groups excluding carboxylic acids is 1. The van der Waals surface area contributed by atoms with Crippen molar-refractivity contribution in [2.45, 2.75) is 53.6 Å². The molecule has 14 heavy (non-hydrogen) atoms. The number of hydrogen-bond donors (Lipinski definition) is 0. The predicted octanol–water partition coefficient (Wildman–Crippen LogP) is 2.64. The van der Waals surface area contributed by atoms with Crippen molar-refractivity contribution >= 4 is 11.8 Å². The summed E-state index contributed by atoms with van der Waals surface area (Å²) in [4.78, 5) is 17.9. The molecule has 0 saturated carbocycles. The van der Waals surface area contributed by atoms with Gasteiger partial charge in [0.2, 0.25) is 0 Å². The van der Waals surface area contributed by atoms with E-state index < -0.39 is 6.09 Å². The number of amides is 1. The van der Waals surface area contributed by atoms with E-state index in [0.29, 0.717) is 0 Å². The molecule has 0 radical (unpaired) electrons. The lowest BCUT2D eigenvalue weighted by Gasteiger charge is -2.28. The van der Waals surface area contributed by atoms with Gasteiger partial charge in [-0.2, -0.15) is 0 Å². The lowest BCUT2D eigenvalue weighted by atomic mass is 10.2. The van der Waals surface area contributed by atoms with Crippen molar-refractivity contribution in [2.75, 3.05) is 0 Å². The molecule has 0 aliphatic rings. The Morgan fingerprint density at radius 2 is 1.57 bits per heavy atom. The molecule has 0 atom stereocenters. The summed E-state index contributed by atoms with van der Waals surface area (Å²) in [6.07, 6.45) is -0.392. The molecule has 0 aromatic heterocycles. The van der Waals surface area contributed by atoms with E-state index in [4.69, 9.17) is 4.84 Å². The Balaban J connectivity index is 4.39. The molecule has 0 N–H and O–H groups in total. The highest BCUT2D eigenvalue weighted by atomic mass is 16.7. The molecule has 4 nitrogen and oxygen atoms in total. The summed E-state index contributed by atoms with van der Waals surface area (Å²) < 4.78 is 0. The normalized spacial score (nSPS) is 10.3. The second-order valence-electron chi connectivity index (χ2n) is 3.99. The van der Waals surface area contributed by atoms with E-state index in [0.717, 1.165) is 5.71 Å². The number of rotatable bonds is 3. The van der Waals surface area contributed by atoms with Crippen LogP contribution in [-0.2, 0) is 4.84 Å². The van der Waals surface area contributed by atoms with E-state index in [1.54, 1.807) is 18.7 Å². The number of nitrogens with zero attached hydrogens (tertiary/aromatic N) is 2. The molecule has 1 amide bonds. The van der Waals surface area contributed by atoms with Gasteiger partial charge in [-0.15, -0.1) is 0 Å². The van der Waals surface area contributed by atoms with Gasteiger partial charge in [-0.1, -0.05) is 5.16 Å². The van der Waals surface area contributed by atoms with Crippen LogP contribution in [0.15, 0.2) is 5.16 Å². The third-order valence-corrected chi connectivity index (χ3v) is 1.63. The van der Waals surface area contributed by atoms with Crippen LogP contribution in [0.1, 0.15) is 41.5 Å². The topological polar surface area (TPSA) is 41.9 Å². The zero-order valence-corrected chi connectivity index (χ0v) is 9.87. The molecule has 0 aromatic rings. The number of carbonyl (C=O) groups is 1. The highest BCUT2D eigenvalue weighted by molar-refractivity contribution is 5.79. The first-order valence-corrected chi connectivity index (χ1v) is 4.86. The van der Waals surface area contributed by atoms with E-state index in [-0.39, 0.29) is 12.1 Å². The van der Waals surface area contributed by atoms with Crippen molar-refractivity contribution < 1.29 is 9.63 Å². The van der Waals surface area contributed by atoms with Crippen LogP contribution in [0.2, 0.25) is 0 Å². The van der Waals surface area contributed by atoms with Crippen molar-refractivity contribution in [2.24, 2.45) is 5.16 Å². The van der Waals surface area contributed by atoms with Gasteiger partial charge in [0.25, 0.3) is 0 Å². The lowest BCUT2D eigenvalue weighted by Crippen LogP contribution is -2.41. The molecule has 82 valence electrons. The Morgan fingerprint density at radius 1 is 1.14 bits per heavy atom. The van der Waals surface area contributed by atoms with Gasteiger partial charge in [-0.05, 0) is 41.5 Å². The standard InChI is InChI=1S/C10H20N2O2/c1-7(2)11-14-10(13)12(8(3)4)9(5)6/h8-9H,1-6H3. The van der Waals surface area contributed by atoms with Crippen molar-refractivity contribution in [1.82, 2.24) is 4.90 Å². The zero-order chi connectivity index (χ0) is 11.3. The van der Waals surface area contributed by atoms with Crippen LogP contribution in [-0.4, -0.2) is 28.8 Å². The molecule has 0 spiro atoms. The van der Waals surface area contributed by atoms with Gasteiger partial charge in [0, 0.05) is 12.1 Å². The lowest BCUT2D eigenvalue weighted by molar-refractivity contribution is 0.0815. The van der Waals surface area contributed by atoms with Gasteiger partial charge in [-0.3, -0.25) is 4.84 Å². The summed E-state index contributed by atoms with van der Waals surface area (Å²) in [6, 6.07) is 0.240. The largest absolute Gasteiger partial charge is 0.436 e. The van der Waals surface area contributed by atoms with Gasteiger partial charge in [0.15, 0.2) is 0 Å². The minimum absolute atomic E-state index is 0.120. The van der Waals surface area contributed by atoms with E-state index in [9.17, 15) is 4.79 Å². The van der Waals surface area contributed by atoms with E-state index >= 15 is 0 Å². The summed E-state index contributed by atoms with van der Waals surface area (Å²) in [5.74, 6) is 0. The van der Waals surface area contributed by atoms with Crippen LogP contribution in [0.25, 0.3) is 0 Å². The third kappa shape index (κ3) is 4.25. The fourth-order valence-electron chi connectivity index (χ4n) is 1.20. The first kappa shape index (κ1) is 12.9. The molecule has 0 aliphatic heterocycles. The minimum Gasteiger partial charge on any atom is -0.301 e. The Morgan fingerprint density at radius 3 is 1.86 bits per heavy atom. The second kappa shape index (κ2) is 5.62. The fourth-order valence-corrected chi connectivity index (χ4v) is 1.20. The predicted molar refractivity (Wildman–Crippen MR) is 57.4 cm³/mol. The fraction of sp³-hybridized carbons (Fsp3) is 0.800. The van der Waals surface area contributed by atoms with Gasteiger partial charge >= 0.3 is 6.09 Å². The molecule has 0 aromatic carbocycles. The maximum atomic E-state index is 11.5. The third-order valence-electron chi connectivity index (χ3n) is 1.63. The molecular weight excluding hydrogens is 180 g/mol. The SMILES string of the molecule is CC(C)=NOC(=O)N(C(C)C)C(C)C. The monoisotopic (exact) mass is 200 g/mol. The van der Waals surface area contributed by atoms with Crippen LogP contribution in [0, 0.1) is 0 Å². The van der Waals surface area contributed by atoms with Crippen LogP contribution >= 0.6 is 0 Å². The average molecular weight is 200 g/mol. The van der Waals surface area contributed by atoms with Crippen LogP contribution in [0.5, 0.6) is 0 Å². The van der Waals surface area contributed by atoms with Gasteiger partial charge in [0.1, 0.15) is 0 Å².